The largest absolute Gasteiger partial charge is 0.554 e. The van der Waals surface area contributed by atoms with Gasteiger partial charge in [-0.2, -0.15) is 18.7 Å². The summed E-state index contributed by atoms with van der Waals surface area (Å²) in [4.78, 5) is 9.00. The van der Waals surface area contributed by atoms with Gasteiger partial charge >= 0.3 is 12.8 Å². The quantitative estimate of drug-likeness (QED) is 0.469. The van der Waals surface area contributed by atoms with Gasteiger partial charge in [0.15, 0.2) is 0 Å². The van der Waals surface area contributed by atoms with Gasteiger partial charge in [0, 0.05) is 0 Å². The van der Waals surface area contributed by atoms with Gasteiger partial charge in [-0.15, -0.1) is 0 Å². The van der Waals surface area contributed by atoms with Gasteiger partial charge in [0.25, 0.3) is 0 Å². The van der Waals surface area contributed by atoms with Crippen LogP contribution in [0.25, 0.3) is 0 Å². The Hall–Kier alpha value is -0.870. The number of carbonyl (C=O) groups excluding carboxylic acids is 1. The zero-order valence-corrected chi connectivity index (χ0v) is 3.06. The molecular formula is C2HF2O3. The van der Waals surface area contributed by atoms with Gasteiger partial charge in [0.05, 0.1) is 0 Å². The highest BCUT2D eigenvalue weighted by atomic mass is 19.3. The summed E-state index contributed by atoms with van der Waals surface area (Å²) >= 11 is 0. The predicted molar refractivity (Wildman–Crippen MR) is 13.2 cm³/mol. The van der Waals surface area contributed by atoms with Crippen molar-refractivity contribution < 1.29 is 23.4 Å². The van der Waals surface area contributed by atoms with Crippen molar-refractivity contribution in [2.45, 2.75) is 6.61 Å². The molecule has 7 heavy (non-hydrogen) atoms. The van der Waals surface area contributed by atoms with Crippen molar-refractivity contribution in [2.75, 3.05) is 0 Å². The normalized spacial score (nSPS) is 9.00. The molecule has 0 saturated heterocycles. The summed E-state index contributed by atoms with van der Waals surface area (Å²) in [7, 11) is 0. The summed E-state index contributed by atoms with van der Waals surface area (Å²) in [5.74, 6) is 0. The molecule has 0 amide bonds. The van der Waals surface area contributed by atoms with E-state index in [-0.39, 0.29) is 0 Å². The van der Waals surface area contributed by atoms with E-state index in [9.17, 15) is 8.78 Å². The third kappa shape index (κ3) is 5.13. The van der Waals surface area contributed by atoms with Crippen LogP contribution in [-0.4, -0.2) is 12.8 Å². The fourth-order valence-electron chi connectivity index (χ4n) is 0.0727. The zero-order valence-electron chi connectivity index (χ0n) is 3.06. The predicted octanol–water partition coefficient (Wildman–Crippen LogP) is 0.776. The molecule has 0 fully saturated rings. The van der Waals surface area contributed by atoms with Crippen molar-refractivity contribution in [1.29, 1.82) is 0 Å². The molecule has 1 radical (unpaired) electrons. The van der Waals surface area contributed by atoms with Crippen molar-refractivity contribution in [3.05, 3.63) is 0 Å². The molecule has 0 N–H and O–H groups in total. The lowest BCUT2D eigenvalue weighted by Crippen LogP contribution is -2.03. The summed E-state index contributed by atoms with van der Waals surface area (Å²) in [6, 6.07) is 0. The van der Waals surface area contributed by atoms with E-state index in [1.807, 2.05) is 0 Å². The van der Waals surface area contributed by atoms with Crippen molar-refractivity contribution in [2.24, 2.45) is 0 Å². The van der Waals surface area contributed by atoms with E-state index < -0.39 is 12.8 Å². The fourth-order valence-corrected chi connectivity index (χ4v) is 0.0727. The monoisotopic (exact) mass is 111 g/mol. The molecule has 0 aliphatic rings. The van der Waals surface area contributed by atoms with Crippen LogP contribution in [0.5, 0.6) is 0 Å². The van der Waals surface area contributed by atoms with Gasteiger partial charge in [-0.1, -0.05) is 0 Å². The van der Waals surface area contributed by atoms with E-state index in [2.05, 4.69) is 4.74 Å². The Morgan fingerprint density at radius 2 is 2.00 bits per heavy atom. The highest BCUT2D eigenvalue weighted by molar-refractivity contribution is 5.56. The van der Waals surface area contributed by atoms with Crippen LogP contribution in [0, 0.1) is 0 Å². The van der Waals surface area contributed by atoms with Gasteiger partial charge in [0.2, 0.25) is 0 Å². The van der Waals surface area contributed by atoms with Gasteiger partial charge in [-0.05, 0) is 0 Å². The average Bonchev–Trinajstić information content (AvgIpc) is 1.27. The summed E-state index contributed by atoms with van der Waals surface area (Å²) in [6.07, 6.45) is -2.21. The standard InChI is InChI=1S/C2HF2O3/c3-1(4)7-2(5)6/h1H. The number of rotatable bonds is 1. The van der Waals surface area contributed by atoms with Gasteiger partial charge < -0.3 is 4.74 Å². The molecule has 0 aliphatic carbocycles. The van der Waals surface area contributed by atoms with Crippen molar-refractivity contribution in [3.8, 4) is 0 Å². The molecule has 3 nitrogen and oxygen atoms in total. The minimum absolute atomic E-state index is 2.21. The van der Waals surface area contributed by atoms with Crippen LogP contribution >= 0.6 is 0 Å². The molecule has 0 bridgehead atoms. The molecule has 0 aromatic heterocycles. The molecule has 41 valence electrons. The molecule has 0 aromatic rings. The Labute approximate surface area is 37.5 Å². The smallest absolute Gasteiger partial charge is 0.368 e. The first-order valence-electron chi connectivity index (χ1n) is 1.28. The Kier molecular flexibility index (Phi) is 2.04. The zero-order chi connectivity index (χ0) is 5.86. The minimum Gasteiger partial charge on any atom is -0.368 e. The van der Waals surface area contributed by atoms with Crippen LogP contribution in [0.3, 0.4) is 0 Å². The van der Waals surface area contributed by atoms with Crippen molar-refractivity contribution in [1.82, 2.24) is 0 Å². The second kappa shape index (κ2) is 2.33. The molecule has 0 unspecified atom stereocenters. The van der Waals surface area contributed by atoms with Crippen LogP contribution in [0.2, 0.25) is 0 Å². The molecule has 0 rings (SSSR count). The van der Waals surface area contributed by atoms with Gasteiger partial charge in [-0.25, -0.2) is 0 Å². The third-order valence-corrected chi connectivity index (χ3v) is 0.185. The van der Waals surface area contributed by atoms with Crippen LogP contribution in [0.1, 0.15) is 0 Å². The number of halogens is 2. The average molecular weight is 111 g/mol. The highest BCUT2D eigenvalue weighted by Crippen LogP contribution is 1.93. The summed E-state index contributed by atoms with van der Waals surface area (Å²) in [6.45, 7) is -3.29. The van der Waals surface area contributed by atoms with Crippen LogP contribution in [0.15, 0.2) is 0 Å². The van der Waals surface area contributed by atoms with E-state index in [0.29, 0.717) is 0 Å². The van der Waals surface area contributed by atoms with Gasteiger partial charge in [-0.3, -0.25) is 0 Å². The lowest BCUT2D eigenvalue weighted by Gasteiger charge is -1.89. The SMILES string of the molecule is [O]C(=O)OC(F)F. The number of carbonyl (C=O) groups is 1. The maximum Gasteiger partial charge on any atom is 0.554 e. The maximum absolute atomic E-state index is 10.6. The topological polar surface area (TPSA) is 46.2 Å². The summed E-state index contributed by atoms with van der Waals surface area (Å²) in [5.41, 5.74) is 0. The first-order chi connectivity index (χ1) is 3.13. The molecule has 0 saturated carbocycles. The lowest BCUT2D eigenvalue weighted by molar-refractivity contribution is -0.104. The van der Waals surface area contributed by atoms with E-state index in [1.165, 1.54) is 0 Å². The molecule has 0 aromatic carbocycles. The molecule has 5 heteroatoms. The van der Waals surface area contributed by atoms with E-state index in [0.717, 1.165) is 0 Å². The first kappa shape index (κ1) is 6.13. The fraction of sp³-hybridized carbons (Fsp3) is 0.500. The Morgan fingerprint density at radius 3 is 2.00 bits per heavy atom. The van der Waals surface area contributed by atoms with Crippen molar-refractivity contribution in [3.63, 3.8) is 0 Å². The van der Waals surface area contributed by atoms with E-state index >= 15 is 0 Å². The maximum atomic E-state index is 10.6. The third-order valence-electron chi connectivity index (χ3n) is 0.185. The van der Waals surface area contributed by atoms with Crippen LogP contribution < -0.4 is 0 Å². The number of alkyl halides is 2. The van der Waals surface area contributed by atoms with Gasteiger partial charge in [0.1, 0.15) is 0 Å². The van der Waals surface area contributed by atoms with E-state index in [4.69, 9.17) is 9.90 Å². The van der Waals surface area contributed by atoms with Crippen molar-refractivity contribution >= 4 is 6.16 Å². The first-order valence-corrected chi connectivity index (χ1v) is 1.28. The second-order valence-electron chi connectivity index (χ2n) is 0.629. The highest BCUT2D eigenvalue weighted by Gasteiger charge is 2.07. The Morgan fingerprint density at radius 1 is 1.57 bits per heavy atom. The molecule has 0 spiro atoms. The number of ether oxygens (including phenoxy) is 1. The second-order valence-corrected chi connectivity index (χ2v) is 0.629. The lowest BCUT2D eigenvalue weighted by atomic mass is 11.3. The van der Waals surface area contributed by atoms with Crippen LogP contribution in [0.4, 0.5) is 13.6 Å². The number of hydrogen-bond acceptors (Lipinski definition) is 2. The molecule has 0 aliphatic heterocycles. The number of hydrogen-bond donors (Lipinski definition) is 0. The van der Waals surface area contributed by atoms with E-state index in [1.54, 1.807) is 0 Å². The molecule has 0 atom stereocenters. The van der Waals surface area contributed by atoms with Crippen LogP contribution in [-0.2, 0) is 9.84 Å². The summed E-state index contributed by atoms with van der Waals surface area (Å²) < 4.78 is 24.0. The Bertz CT molecular complexity index is 71.3. The Balaban J connectivity index is 3.13. The molecule has 0 heterocycles. The molecular weight excluding hydrogens is 110 g/mol. The summed E-state index contributed by atoms with van der Waals surface area (Å²) in [5, 5.41) is 9.00. The minimum atomic E-state index is -3.29.